The fourth-order valence-electron chi connectivity index (χ4n) is 2.02. The highest BCUT2D eigenvalue weighted by atomic mass is 15.1. The van der Waals surface area contributed by atoms with Gasteiger partial charge in [-0.25, -0.2) is 4.98 Å². The van der Waals surface area contributed by atoms with Crippen LogP contribution in [0.1, 0.15) is 30.8 Å². The fourth-order valence-corrected chi connectivity index (χ4v) is 2.02. The number of aryl methyl sites for hydroxylation is 1. The van der Waals surface area contributed by atoms with Crippen molar-refractivity contribution in [2.45, 2.75) is 34.2 Å². The molecule has 0 atom stereocenters. The van der Waals surface area contributed by atoms with Crippen molar-refractivity contribution < 1.29 is 0 Å². The van der Waals surface area contributed by atoms with E-state index in [2.05, 4.69) is 46.7 Å². The Balaban J connectivity index is 2.23. The molecule has 19 heavy (non-hydrogen) atoms. The van der Waals surface area contributed by atoms with Crippen molar-refractivity contribution in [1.82, 2.24) is 19.9 Å². The van der Waals surface area contributed by atoms with Gasteiger partial charge in [-0.2, -0.15) is 0 Å². The zero-order chi connectivity index (χ0) is 13.8. The summed E-state index contributed by atoms with van der Waals surface area (Å²) in [4.78, 5) is 8.60. The van der Waals surface area contributed by atoms with Gasteiger partial charge in [0.15, 0.2) is 0 Å². The third kappa shape index (κ3) is 3.20. The predicted molar refractivity (Wildman–Crippen MR) is 77.4 cm³/mol. The number of nitrogens with one attached hydrogen (secondary N) is 1. The molecule has 0 spiro atoms. The van der Waals surface area contributed by atoms with Crippen LogP contribution in [-0.4, -0.2) is 21.1 Å². The topological polar surface area (TPSA) is 42.7 Å². The maximum atomic E-state index is 4.36. The van der Waals surface area contributed by atoms with Crippen LogP contribution in [0, 0.1) is 19.8 Å². The van der Waals surface area contributed by atoms with Crippen LogP contribution in [0.15, 0.2) is 24.8 Å². The molecule has 2 heterocycles. The number of nitrogens with zero attached hydrogens (tertiary/aromatic N) is 3. The lowest BCUT2D eigenvalue weighted by molar-refractivity contribution is 0.551. The molecule has 0 bridgehead atoms. The molecular formula is C15H22N4. The predicted octanol–water partition coefficient (Wildman–Crippen LogP) is 2.63. The molecule has 4 heteroatoms. The highest BCUT2D eigenvalue weighted by Gasteiger charge is 2.09. The molecule has 0 saturated heterocycles. The summed E-state index contributed by atoms with van der Waals surface area (Å²) >= 11 is 0. The van der Waals surface area contributed by atoms with E-state index in [-0.39, 0.29) is 0 Å². The molecule has 0 aliphatic rings. The van der Waals surface area contributed by atoms with Gasteiger partial charge in [-0.05, 0) is 37.9 Å². The first-order chi connectivity index (χ1) is 9.09. The Kier molecular flexibility index (Phi) is 4.32. The molecule has 0 amide bonds. The van der Waals surface area contributed by atoms with Crippen molar-refractivity contribution in [2.24, 2.45) is 5.92 Å². The normalized spacial score (nSPS) is 11.2. The van der Waals surface area contributed by atoms with Crippen LogP contribution in [0.2, 0.25) is 0 Å². The largest absolute Gasteiger partial charge is 0.312 e. The molecular weight excluding hydrogens is 236 g/mol. The quantitative estimate of drug-likeness (QED) is 0.896. The van der Waals surface area contributed by atoms with E-state index >= 15 is 0 Å². The Labute approximate surface area is 114 Å². The van der Waals surface area contributed by atoms with Crippen LogP contribution < -0.4 is 5.32 Å². The first-order valence-electron chi connectivity index (χ1n) is 6.74. The van der Waals surface area contributed by atoms with Crippen molar-refractivity contribution in [3.05, 3.63) is 41.7 Å². The smallest absolute Gasteiger partial charge is 0.0998 e. The summed E-state index contributed by atoms with van der Waals surface area (Å²) in [6, 6.07) is 2.07. The maximum absolute atomic E-state index is 4.36. The number of rotatable bonds is 5. The van der Waals surface area contributed by atoms with Gasteiger partial charge in [-0.3, -0.25) is 4.98 Å². The third-order valence-corrected chi connectivity index (χ3v) is 3.27. The fraction of sp³-hybridized carbons (Fsp3) is 0.467. The molecule has 2 rings (SSSR count). The zero-order valence-electron chi connectivity index (χ0n) is 12.1. The maximum Gasteiger partial charge on any atom is 0.0998 e. The first kappa shape index (κ1) is 13.7. The van der Waals surface area contributed by atoms with Crippen molar-refractivity contribution >= 4 is 0 Å². The Hall–Kier alpha value is -1.68. The van der Waals surface area contributed by atoms with E-state index in [0.29, 0.717) is 5.92 Å². The Morgan fingerprint density at radius 3 is 2.74 bits per heavy atom. The van der Waals surface area contributed by atoms with E-state index in [9.17, 15) is 0 Å². The summed E-state index contributed by atoms with van der Waals surface area (Å²) in [5, 5.41) is 3.48. The average Bonchev–Trinajstić information content (AvgIpc) is 2.70. The second-order valence-corrected chi connectivity index (χ2v) is 5.31. The van der Waals surface area contributed by atoms with E-state index < -0.39 is 0 Å². The second-order valence-electron chi connectivity index (χ2n) is 5.31. The van der Waals surface area contributed by atoms with Gasteiger partial charge in [-0.15, -0.1) is 0 Å². The molecule has 0 saturated carbocycles. The number of aromatic nitrogens is 3. The van der Waals surface area contributed by atoms with Gasteiger partial charge in [0.1, 0.15) is 0 Å². The number of hydrogen-bond donors (Lipinski definition) is 1. The Bertz CT molecular complexity index is 543. The molecule has 2 aromatic rings. The summed E-state index contributed by atoms with van der Waals surface area (Å²) in [7, 11) is 0. The highest BCUT2D eigenvalue weighted by Crippen LogP contribution is 2.17. The van der Waals surface area contributed by atoms with Crippen LogP contribution in [0.5, 0.6) is 0 Å². The third-order valence-electron chi connectivity index (χ3n) is 3.27. The molecule has 0 aliphatic heterocycles. The molecule has 0 aliphatic carbocycles. The van der Waals surface area contributed by atoms with Gasteiger partial charge >= 0.3 is 0 Å². The Morgan fingerprint density at radius 2 is 2.11 bits per heavy atom. The van der Waals surface area contributed by atoms with Gasteiger partial charge in [0.05, 0.1) is 23.9 Å². The SMILES string of the molecule is Cc1ncn(-c2cnccc2CNCC(C)C)c1C. The van der Waals surface area contributed by atoms with Gasteiger partial charge in [0, 0.05) is 18.4 Å². The van der Waals surface area contributed by atoms with Crippen LogP contribution in [0.3, 0.4) is 0 Å². The van der Waals surface area contributed by atoms with Gasteiger partial charge in [0.2, 0.25) is 0 Å². The average molecular weight is 258 g/mol. The summed E-state index contributed by atoms with van der Waals surface area (Å²) in [6.45, 7) is 10.4. The summed E-state index contributed by atoms with van der Waals surface area (Å²) in [5.41, 5.74) is 4.58. The minimum absolute atomic E-state index is 0.655. The molecule has 0 radical (unpaired) electrons. The molecule has 0 unspecified atom stereocenters. The zero-order valence-corrected chi connectivity index (χ0v) is 12.1. The highest BCUT2D eigenvalue weighted by molar-refractivity contribution is 5.40. The molecule has 0 fully saturated rings. The molecule has 0 aromatic carbocycles. The van der Waals surface area contributed by atoms with Crippen LogP contribution in [0.25, 0.3) is 5.69 Å². The van der Waals surface area contributed by atoms with E-state index in [1.807, 2.05) is 25.6 Å². The van der Waals surface area contributed by atoms with Gasteiger partial charge in [-0.1, -0.05) is 13.8 Å². The van der Waals surface area contributed by atoms with E-state index in [0.717, 1.165) is 30.2 Å². The number of hydrogen-bond acceptors (Lipinski definition) is 3. The minimum atomic E-state index is 0.655. The molecule has 1 N–H and O–H groups in total. The summed E-state index contributed by atoms with van der Waals surface area (Å²) in [5.74, 6) is 0.655. The first-order valence-corrected chi connectivity index (χ1v) is 6.74. The van der Waals surface area contributed by atoms with Crippen molar-refractivity contribution in [3.8, 4) is 5.69 Å². The molecule has 2 aromatic heterocycles. The Morgan fingerprint density at radius 1 is 1.32 bits per heavy atom. The van der Waals surface area contributed by atoms with E-state index in [4.69, 9.17) is 0 Å². The van der Waals surface area contributed by atoms with Crippen molar-refractivity contribution in [3.63, 3.8) is 0 Å². The monoisotopic (exact) mass is 258 g/mol. The van der Waals surface area contributed by atoms with Crippen molar-refractivity contribution in [2.75, 3.05) is 6.54 Å². The van der Waals surface area contributed by atoms with Crippen LogP contribution in [0.4, 0.5) is 0 Å². The molecule has 4 nitrogen and oxygen atoms in total. The summed E-state index contributed by atoms with van der Waals surface area (Å²) in [6.07, 6.45) is 5.61. The van der Waals surface area contributed by atoms with E-state index in [1.165, 1.54) is 5.56 Å². The van der Waals surface area contributed by atoms with Gasteiger partial charge in [0.25, 0.3) is 0 Å². The minimum Gasteiger partial charge on any atom is -0.312 e. The van der Waals surface area contributed by atoms with Crippen LogP contribution in [-0.2, 0) is 6.54 Å². The summed E-state index contributed by atoms with van der Waals surface area (Å²) < 4.78 is 2.11. The van der Waals surface area contributed by atoms with Gasteiger partial charge < -0.3 is 9.88 Å². The van der Waals surface area contributed by atoms with Crippen LogP contribution >= 0.6 is 0 Å². The number of pyridine rings is 1. The lowest BCUT2D eigenvalue weighted by atomic mass is 10.2. The second kappa shape index (κ2) is 5.97. The van der Waals surface area contributed by atoms with E-state index in [1.54, 1.807) is 0 Å². The lowest BCUT2D eigenvalue weighted by Crippen LogP contribution is -2.20. The standard InChI is InChI=1S/C15H22N4/c1-11(2)7-17-8-14-5-6-16-9-15(14)19-10-18-12(3)13(19)4/h5-6,9-11,17H,7-8H2,1-4H3. The molecule has 102 valence electrons. The van der Waals surface area contributed by atoms with Crippen molar-refractivity contribution in [1.29, 1.82) is 0 Å². The lowest BCUT2D eigenvalue weighted by Gasteiger charge is -2.13. The number of imidazole rings is 1.